The number of rotatable bonds is 6. The molecule has 1 aromatic carbocycles. The smallest absolute Gasteiger partial charge is 0.161 e. The first-order chi connectivity index (χ1) is 10.2. The third-order valence-corrected chi connectivity index (χ3v) is 4.07. The van der Waals surface area contributed by atoms with E-state index in [1.807, 2.05) is 24.4 Å². The largest absolute Gasteiger partial charge is 0.493 e. The van der Waals surface area contributed by atoms with E-state index in [2.05, 4.69) is 39.2 Å². The number of hydrogen-bond acceptors (Lipinski definition) is 4. The molecule has 0 aliphatic heterocycles. The van der Waals surface area contributed by atoms with Crippen LogP contribution in [0.1, 0.15) is 24.1 Å². The van der Waals surface area contributed by atoms with Crippen molar-refractivity contribution in [3.05, 3.63) is 52.3 Å². The topological polar surface area (TPSA) is 43.4 Å². The van der Waals surface area contributed by atoms with Crippen LogP contribution in [-0.4, -0.2) is 19.2 Å². The SMILES string of the molecule is COc1cc(Br)c(CNC(C)c2cccnc2)cc1OC. The van der Waals surface area contributed by atoms with Crippen molar-refractivity contribution < 1.29 is 9.47 Å². The van der Waals surface area contributed by atoms with Crippen molar-refractivity contribution in [2.45, 2.75) is 19.5 Å². The molecule has 0 aliphatic carbocycles. The van der Waals surface area contributed by atoms with Gasteiger partial charge in [-0.25, -0.2) is 0 Å². The lowest BCUT2D eigenvalue weighted by atomic mass is 10.1. The zero-order valence-corrected chi connectivity index (χ0v) is 14.0. The van der Waals surface area contributed by atoms with Gasteiger partial charge in [-0.1, -0.05) is 22.0 Å². The number of nitrogens with one attached hydrogen (secondary N) is 1. The second kappa shape index (κ2) is 7.43. The summed E-state index contributed by atoms with van der Waals surface area (Å²) in [7, 11) is 3.27. The van der Waals surface area contributed by atoms with E-state index in [0.29, 0.717) is 5.75 Å². The molecule has 4 nitrogen and oxygen atoms in total. The number of aromatic nitrogens is 1. The average molecular weight is 351 g/mol. The molecule has 1 N–H and O–H groups in total. The normalized spacial score (nSPS) is 12.0. The monoisotopic (exact) mass is 350 g/mol. The molecule has 0 saturated heterocycles. The molecule has 0 saturated carbocycles. The van der Waals surface area contributed by atoms with Crippen LogP contribution in [-0.2, 0) is 6.54 Å². The quantitative estimate of drug-likeness (QED) is 0.862. The summed E-state index contributed by atoms with van der Waals surface area (Å²) in [6.45, 7) is 2.84. The van der Waals surface area contributed by atoms with Gasteiger partial charge in [-0.2, -0.15) is 0 Å². The molecule has 0 aliphatic rings. The number of methoxy groups -OCH3 is 2. The molecule has 1 heterocycles. The number of nitrogens with zero attached hydrogens (tertiary/aromatic N) is 1. The fraction of sp³-hybridized carbons (Fsp3) is 0.312. The van der Waals surface area contributed by atoms with Gasteiger partial charge in [-0.3, -0.25) is 4.98 Å². The molecule has 0 spiro atoms. The molecule has 2 rings (SSSR count). The average Bonchev–Trinajstić information content (AvgIpc) is 2.53. The fourth-order valence-corrected chi connectivity index (χ4v) is 2.51. The van der Waals surface area contributed by atoms with Gasteiger partial charge < -0.3 is 14.8 Å². The van der Waals surface area contributed by atoms with E-state index in [0.717, 1.165) is 27.9 Å². The van der Waals surface area contributed by atoms with Crippen LogP contribution >= 0.6 is 15.9 Å². The van der Waals surface area contributed by atoms with Gasteiger partial charge in [0.25, 0.3) is 0 Å². The Bertz CT molecular complexity index is 590. The highest BCUT2D eigenvalue weighted by Crippen LogP contribution is 2.33. The lowest BCUT2D eigenvalue weighted by Gasteiger charge is -2.16. The molecule has 0 amide bonds. The number of ether oxygens (including phenoxy) is 2. The Kier molecular flexibility index (Phi) is 5.59. The van der Waals surface area contributed by atoms with Crippen molar-refractivity contribution in [3.8, 4) is 11.5 Å². The first-order valence-corrected chi connectivity index (χ1v) is 7.48. The Hall–Kier alpha value is -1.59. The molecular formula is C16H19BrN2O2. The summed E-state index contributed by atoms with van der Waals surface area (Å²) in [6, 6.07) is 8.13. The van der Waals surface area contributed by atoms with Crippen LogP contribution in [0.5, 0.6) is 11.5 Å². The number of hydrogen-bond donors (Lipinski definition) is 1. The van der Waals surface area contributed by atoms with E-state index in [9.17, 15) is 0 Å². The van der Waals surface area contributed by atoms with E-state index in [4.69, 9.17) is 9.47 Å². The summed E-state index contributed by atoms with van der Waals surface area (Å²) >= 11 is 3.57. The highest BCUT2D eigenvalue weighted by atomic mass is 79.9. The summed E-state index contributed by atoms with van der Waals surface area (Å²) in [4.78, 5) is 4.14. The maximum atomic E-state index is 5.34. The van der Waals surface area contributed by atoms with Crippen LogP contribution < -0.4 is 14.8 Å². The van der Waals surface area contributed by atoms with Gasteiger partial charge in [-0.05, 0) is 36.2 Å². The maximum Gasteiger partial charge on any atom is 0.161 e. The Morgan fingerprint density at radius 3 is 2.57 bits per heavy atom. The second-order valence-corrected chi connectivity index (χ2v) is 5.54. The number of halogens is 1. The summed E-state index contributed by atoms with van der Waals surface area (Å²) < 4.78 is 11.6. The molecule has 1 aromatic heterocycles. The van der Waals surface area contributed by atoms with Crippen molar-refractivity contribution in [2.24, 2.45) is 0 Å². The highest BCUT2D eigenvalue weighted by molar-refractivity contribution is 9.10. The predicted molar refractivity (Wildman–Crippen MR) is 86.7 cm³/mol. The molecule has 1 unspecified atom stereocenters. The maximum absolute atomic E-state index is 5.34. The molecule has 112 valence electrons. The molecule has 0 fully saturated rings. The van der Waals surface area contributed by atoms with Crippen LogP contribution in [0.15, 0.2) is 41.1 Å². The summed E-state index contributed by atoms with van der Waals surface area (Å²) in [5.74, 6) is 1.44. The van der Waals surface area contributed by atoms with Gasteiger partial charge in [0.2, 0.25) is 0 Å². The third-order valence-electron chi connectivity index (χ3n) is 3.34. The number of benzene rings is 1. The first kappa shape index (κ1) is 15.8. The molecular weight excluding hydrogens is 332 g/mol. The molecule has 1 atom stereocenters. The number of pyridine rings is 1. The van der Waals surface area contributed by atoms with Crippen molar-refractivity contribution in [1.29, 1.82) is 0 Å². The zero-order chi connectivity index (χ0) is 15.2. The van der Waals surface area contributed by atoms with Crippen LogP contribution in [0.3, 0.4) is 0 Å². The van der Waals surface area contributed by atoms with E-state index >= 15 is 0 Å². The summed E-state index contributed by atoms with van der Waals surface area (Å²) in [6.07, 6.45) is 3.66. The van der Waals surface area contributed by atoms with Crippen LogP contribution in [0.2, 0.25) is 0 Å². The van der Waals surface area contributed by atoms with Crippen LogP contribution in [0, 0.1) is 0 Å². The van der Waals surface area contributed by atoms with Crippen molar-refractivity contribution >= 4 is 15.9 Å². The molecule has 2 aromatic rings. The molecule has 0 bridgehead atoms. The third kappa shape index (κ3) is 3.95. The minimum atomic E-state index is 0.221. The van der Waals surface area contributed by atoms with E-state index in [-0.39, 0.29) is 6.04 Å². The van der Waals surface area contributed by atoms with Gasteiger partial charge in [0.1, 0.15) is 0 Å². The van der Waals surface area contributed by atoms with Crippen molar-refractivity contribution in [3.63, 3.8) is 0 Å². The Balaban J connectivity index is 2.09. The van der Waals surface area contributed by atoms with Crippen molar-refractivity contribution in [1.82, 2.24) is 10.3 Å². The van der Waals surface area contributed by atoms with E-state index in [1.165, 1.54) is 0 Å². The van der Waals surface area contributed by atoms with Gasteiger partial charge >= 0.3 is 0 Å². The molecule has 5 heteroatoms. The standard InChI is InChI=1S/C16H19BrN2O2/c1-11(12-5-4-6-18-9-12)19-10-13-7-15(20-2)16(21-3)8-14(13)17/h4-9,11,19H,10H2,1-3H3. The van der Waals surface area contributed by atoms with Gasteiger partial charge in [0, 0.05) is 29.5 Å². The van der Waals surface area contributed by atoms with Crippen LogP contribution in [0.4, 0.5) is 0 Å². The van der Waals surface area contributed by atoms with Gasteiger partial charge in [0.05, 0.1) is 14.2 Å². The highest BCUT2D eigenvalue weighted by Gasteiger charge is 2.11. The molecule has 21 heavy (non-hydrogen) atoms. The van der Waals surface area contributed by atoms with Crippen LogP contribution in [0.25, 0.3) is 0 Å². The first-order valence-electron chi connectivity index (χ1n) is 6.69. The zero-order valence-electron chi connectivity index (χ0n) is 12.4. The predicted octanol–water partition coefficient (Wildman–Crippen LogP) is 3.71. The minimum Gasteiger partial charge on any atom is -0.493 e. The minimum absolute atomic E-state index is 0.221. The van der Waals surface area contributed by atoms with Crippen molar-refractivity contribution in [2.75, 3.05) is 14.2 Å². The lowest BCUT2D eigenvalue weighted by molar-refractivity contribution is 0.354. The van der Waals surface area contributed by atoms with E-state index in [1.54, 1.807) is 20.4 Å². The summed E-state index contributed by atoms with van der Waals surface area (Å²) in [5, 5.41) is 3.48. The van der Waals surface area contributed by atoms with E-state index < -0.39 is 0 Å². The second-order valence-electron chi connectivity index (χ2n) is 4.69. The van der Waals surface area contributed by atoms with Gasteiger partial charge in [-0.15, -0.1) is 0 Å². The lowest BCUT2D eigenvalue weighted by Crippen LogP contribution is -2.18. The Morgan fingerprint density at radius 2 is 1.95 bits per heavy atom. The summed E-state index contributed by atoms with van der Waals surface area (Å²) in [5.41, 5.74) is 2.28. The van der Waals surface area contributed by atoms with Gasteiger partial charge in [0.15, 0.2) is 11.5 Å². The Morgan fingerprint density at radius 1 is 1.24 bits per heavy atom. The fourth-order valence-electron chi connectivity index (χ4n) is 2.04. The Labute approximate surface area is 133 Å². The molecule has 0 radical (unpaired) electrons.